The Morgan fingerprint density at radius 3 is 2.56 bits per heavy atom. The van der Waals surface area contributed by atoms with Gasteiger partial charge in [0.25, 0.3) is 0 Å². The summed E-state index contributed by atoms with van der Waals surface area (Å²) in [7, 11) is 0. The third kappa shape index (κ3) is 7.92. The minimum Gasteiger partial charge on any atom is -0.466 e. The fraction of sp³-hybridized carbons (Fsp3) is 0.421. The number of aliphatic imine (C=N–C) groups is 1. The number of ether oxygens (including phenoxy) is 1. The Hall–Kier alpha value is -1.54. The second kappa shape index (κ2) is 11.9. The number of furan rings is 1. The van der Waals surface area contributed by atoms with Crippen LogP contribution in [0.2, 0.25) is 0 Å². The van der Waals surface area contributed by atoms with Crippen molar-refractivity contribution < 1.29 is 9.15 Å². The van der Waals surface area contributed by atoms with Gasteiger partial charge in [-0.3, -0.25) is 0 Å². The van der Waals surface area contributed by atoms with Crippen molar-refractivity contribution in [2.75, 3.05) is 19.7 Å². The van der Waals surface area contributed by atoms with E-state index in [0.717, 1.165) is 29.6 Å². The molecular formula is C19H28IN3O2. The molecule has 2 aromatic rings. The SMILES string of the molecule is CCNC(=NCc1cc(C)oc1C)NCCOCc1ccccc1.I. The molecule has 0 amide bonds. The van der Waals surface area contributed by atoms with Crippen LogP contribution in [0.15, 0.2) is 45.8 Å². The van der Waals surface area contributed by atoms with Gasteiger partial charge in [-0.15, -0.1) is 24.0 Å². The highest BCUT2D eigenvalue weighted by Gasteiger charge is 2.04. The summed E-state index contributed by atoms with van der Waals surface area (Å²) in [5.74, 6) is 2.64. The maximum absolute atomic E-state index is 5.67. The fourth-order valence-electron chi connectivity index (χ4n) is 2.35. The summed E-state index contributed by atoms with van der Waals surface area (Å²) in [6.45, 7) is 9.36. The first-order valence-corrected chi connectivity index (χ1v) is 8.38. The molecule has 0 unspecified atom stereocenters. The van der Waals surface area contributed by atoms with Crippen LogP contribution in [0.1, 0.15) is 29.6 Å². The van der Waals surface area contributed by atoms with E-state index in [1.165, 1.54) is 5.56 Å². The molecule has 0 radical (unpaired) electrons. The molecule has 5 nitrogen and oxygen atoms in total. The molecule has 0 saturated carbocycles. The largest absolute Gasteiger partial charge is 0.466 e. The number of hydrogen-bond donors (Lipinski definition) is 2. The minimum atomic E-state index is 0. The molecule has 0 saturated heterocycles. The van der Waals surface area contributed by atoms with Gasteiger partial charge in [-0.05, 0) is 32.4 Å². The molecular weight excluding hydrogens is 429 g/mol. The lowest BCUT2D eigenvalue weighted by Crippen LogP contribution is -2.38. The fourth-order valence-corrected chi connectivity index (χ4v) is 2.35. The van der Waals surface area contributed by atoms with Gasteiger partial charge in [0.05, 0.1) is 19.8 Å². The highest BCUT2D eigenvalue weighted by atomic mass is 127. The van der Waals surface area contributed by atoms with E-state index in [0.29, 0.717) is 26.3 Å². The number of hydrogen-bond acceptors (Lipinski definition) is 3. The molecule has 1 aromatic heterocycles. The van der Waals surface area contributed by atoms with Gasteiger partial charge in [-0.2, -0.15) is 0 Å². The summed E-state index contributed by atoms with van der Waals surface area (Å²) < 4.78 is 11.2. The van der Waals surface area contributed by atoms with Crippen molar-refractivity contribution in [1.82, 2.24) is 10.6 Å². The Morgan fingerprint density at radius 2 is 1.92 bits per heavy atom. The molecule has 1 heterocycles. The van der Waals surface area contributed by atoms with Crippen molar-refractivity contribution in [3.05, 3.63) is 59.0 Å². The van der Waals surface area contributed by atoms with E-state index in [4.69, 9.17) is 9.15 Å². The third-order valence-electron chi connectivity index (χ3n) is 3.55. The second-order valence-electron chi connectivity index (χ2n) is 5.60. The van der Waals surface area contributed by atoms with Gasteiger partial charge >= 0.3 is 0 Å². The zero-order valence-electron chi connectivity index (χ0n) is 15.2. The summed E-state index contributed by atoms with van der Waals surface area (Å²) in [6.07, 6.45) is 0. The van der Waals surface area contributed by atoms with Crippen LogP contribution in [0.3, 0.4) is 0 Å². The second-order valence-corrected chi connectivity index (χ2v) is 5.60. The molecule has 138 valence electrons. The molecule has 0 fully saturated rings. The van der Waals surface area contributed by atoms with Crippen LogP contribution in [-0.4, -0.2) is 25.7 Å². The van der Waals surface area contributed by atoms with Crippen LogP contribution in [0.4, 0.5) is 0 Å². The van der Waals surface area contributed by atoms with E-state index in [-0.39, 0.29) is 24.0 Å². The van der Waals surface area contributed by atoms with Crippen LogP contribution < -0.4 is 10.6 Å². The van der Waals surface area contributed by atoms with Gasteiger partial charge in [0.2, 0.25) is 0 Å². The number of guanidine groups is 1. The molecule has 2 N–H and O–H groups in total. The normalized spacial score (nSPS) is 11.1. The van der Waals surface area contributed by atoms with Crippen LogP contribution in [0.25, 0.3) is 0 Å². The number of benzene rings is 1. The van der Waals surface area contributed by atoms with E-state index < -0.39 is 0 Å². The third-order valence-corrected chi connectivity index (χ3v) is 3.55. The molecule has 1 aromatic carbocycles. The lowest BCUT2D eigenvalue weighted by molar-refractivity contribution is 0.125. The zero-order chi connectivity index (χ0) is 17.2. The molecule has 6 heteroatoms. The first kappa shape index (κ1) is 21.5. The van der Waals surface area contributed by atoms with Crippen molar-refractivity contribution in [3.8, 4) is 0 Å². The number of rotatable bonds is 8. The van der Waals surface area contributed by atoms with E-state index >= 15 is 0 Å². The van der Waals surface area contributed by atoms with E-state index in [1.807, 2.05) is 38.1 Å². The molecule has 2 rings (SSSR count). The van der Waals surface area contributed by atoms with E-state index in [2.05, 4.69) is 34.7 Å². The number of aryl methyl sites for hydroxylation is 2. The Labute approximate surface area is 167 Å². The van der Waals surface area contributed by atoms with Gasteiger partial charge < -0.3 is 19.8 Å². The molecule has 0 aliphatic heterocycles. The summed E-state index contributed by atoms with van der Waals surface area (Å²) in [6, 6.07) is 12.2. The summed E-state index contributed by atoms with van der Waals surface area (Å²) >= 11 is 0. The zero-order valence-corrected chi connectivity index (χ0v) is 17.5. The topological polar surface area (TPSA) is 58.8 Å². The first-order chi connectivity index (χ1) is 11.7. The van der Waals surface area contributed by atoms with Crippen LogP contribution in [0, 0.1) is 13.8 Å². The van der Waals surface area contributed by atoms with Crippen molar-refractivity contribution in [1.29, 1.82) is 0 Å². The minimum absolute atomic E-state index is 0. The van der Waals surface area contributed by atoms with Gasteiger partial charge in [0, 0.05) is 18.7 Å². The predicted octanol–water partition coefficient (Wildman–Crippen LogP) is 3.79. The Morgan fingerprint density at radius 1 is 1.16 bits per heavy atom. The average Bonchev–Trinajstić information content (AvgIpc) is 2.90. The number of halogens is 1. The van der Waals surface area contributed by atoms with E-state index in [9.17, 15) is 0 Å². The predicted molar refractivity (Wildman–Crippen MR) is 113 cm³/mol. The summed E-state index contributed by atoms with van der Waals surface area (Å²) in [5, 5.41) is 6.53. The maximum Gasteiger partial charge on any atom is 0.191 e. The average molecular weight is 457 g/mol. The molecule has 0 aliphatic carbocycles. The molecule has 25 heavy (non-hydrogen) atoms. The van der Waals surface area contributed by atoms with Gasteiger partial charge in [-0.25, -0.2) is 4.99 Å². The molecule has 0 bridgehead atoms. The molecule has 0 atom stereocenters. The van der Waals surface area contributed by atoms with E-state index in [1.54, 1.807) is 0 Å². The van der Waals surface area contributed by atoms with Crippen molar-refractivity contribution >= 4 is 29.9 Å². The van der Waals surface area contributed by atoms with Crippen LogP contribution in [-0.2, 0) is 17.9 Å². The Balaban J connectivity index is 0.00000312. The highest BCUT2D eigenvalue weighted by Crippen LogP contribution is 2.14. The smallest absolute Gasteiger partial charge is 0.191 e. The maximum atomic E-state index is 5.67. The lowest BCUT2D eigenvalue weighted by atomic mass is 10.2. The van der Waals surface area contributed by atoms with Crippen molar-refractivity contribution in [2.45, 2.75) is 33.9 Å². The lowest BCUT2D eigenvalue weighted by Gasteiger charge is -2.11. The summed E-state index contributed by atoms with van der Waals surface area (Å²) in [4.78, 5) is 4.59. The standard InChI is InChI=1S/C19H27N3O2.HI/c1-4-20-19(22-13-18-12-15(2)24-16(18)3)21-10-11-23-14-17-8-6-5-7-9-17;/h5-9,12H,4,10-11,13-14H2,1-3H3,(H2,20,21,22);1H. The highest BCUT2D eigenvalue weighted by molar-refractivity contribution is 14.0. The van der Waals surface area contributed by atoms with Gasteiger partial charge in [0.1, 0.15) is 11.5 Å². The van der Waals surface area contributed by atoms with Gasteiger partial charge in [0.15, 0.2) is 5.96 Å². The molecule has 0 spiro atoms. The number of nitrogens with zero attached hydrogens (tertiary/aromatic N) is 1. The van der Waals surface area contributed by atoms with Crippen LogP contribution in [0.5, 0.6) is 0 Å². The van der Waals surface area contributed by atoms with Crippen molar-refractivity contribution in [2.24, 2.45) is 4.99 Å². The monoisotopic (exact) mass is 457 g/mol. The van der Waals surface area contributed by atoms with Gasteiger partial charge in [-0.1, -0.05) is 30.3 Å². The van der Waals surface area contributed by atoms with Crippen LogP contribution >= 0.6 is 24.0 Å². The first-order valence-electron chi connectivity index (χ1n) is 8.38. The summed E-state index contributed by atoms with van der Waals surface area (Å²) in [5.41, 5.74) is 2.30. The Bertz CT molecular complexity index is 641. The quantitative estimate of drug-likeness (QED) is 0.274. The number of nitrogens with one attached hydrogen (secondary N) is 2. The Kier molecular flexibility index (Phi) is 10.3. The van der Waals surface area contributed by atoms with Crippen molar-refractivity contribution in [3.63, 3.8) is 0 Å². The molecule has 0 aliphatic rings.